The van der Waals surface area contributed by atoms with Gasteiger partial charge in [0.15, 0.2) is 0 Å². The monoisotopic (exact) mass is 442 g/mol. The number of aromatic nitrogens is 1. The molecule has 1 fully saturated rings. The minimum absolute atomic E-state index is 0.00351. The minimum Gasteiger partial charge on any atom is -0.460 e. The van der Waals surface area contributed by atoms with Crippen molar-refractivity contribution in [1.82, 2.24) is 4.98 Å². The summed E-state index contributed by atoms with van der Waals surface area (Å²) in [5.41, 5.74) is 10.5. The van der Waals surface area contributed by atoms with E-state index in [1.807, 2.05) is 0 Å². The molecule has 0 radical (unpaired) electrons. The van der Waals surface area contributed by atoms with Crippen molar-refractivity contribution in [3.05, 3.63) is 35.5 Å². The van der Waals surface area contributed by atoms with Gasteiger partial charge in [0.1, 0.15) is 6.10 Å². The topological polar surface area (TPSA) is 77.3 Å². The number of carbonyl (C=O) groups is 1. The second-order valence-corrected chi connectivity index (χ2v) is 10.1. The maximum absolute atomic E-state index is 12.2. The number of rotatable bonds is 12. The fourth-order valence-electron chi connectivity index (χ4n) is 5.16. The molecule has 5 unspecified atom stereocenters. The van der Waals surface area contributed by atoms with E-state index in [2.05, 4.69) is 57.1 Å². The summed E-state index contributed by atoms with van der Waals surface area (Å²) in [5, 5.41) is 1.33. The van der Waals surface area contributed by atoms with E-state index in [-0.39, 0.29) is 24.0 Å². The Kier molecular flexibility index (Phi) is 8.78. The minimum atomic E-state index is -0.134. The lowest BCUT2D eigenvalue weighted by atomic mass is 9.83. The van der Waals surface area contributed by atoms with Crippen molar-refractivity contribution >= 4 is 16.9 Å². The van der Waals surface area contributed by atoms with E-state index in [9.17, 15) is 4.79 Å². The maximum atomic E-state index is 12.2. The van der Waals surface area contributed by atoms with Crippen molar-refractivity contribution in [2.75, 3.05) is 13.7 Å². The van der Waals surface area contributed by atoms with Gasteiger partial charge in [0.2, 0.25) is 0 Å². The van der Waals surface area contributed by atoms with E-state index in [1.54, 1.807) is 7.11 Å². The molecule has 5 heteroatoms. The van der Waals surface area contributed by atoms with Crippen molar-refractivity contribution in [2.24, 2.45) is 23.5 Å². The highest BCUT2D eigenvalue weighted by Gasteiger charge is 2.39. The highest BCUT2D eigenvalue weighted by molar-refractivity contribution is 5.84. The fourth-order valence-corrected chi connectivity index (χ4v) is 5.16. The third-order valence-corrected chi connectivity index (χ3v) is 7.36. The number of cyclic esters (lactones) is 1. The van der Waals surface area contributed by atoms with Gasteiger partial charge in [-0.2, -0.15) is 0 Å². The van der Waals surface area contributed by atoms with Gasteiger partial charge >= 0.3 is 5.97 Å². The first-order valence-electron chi connectivity index (χ1n) is 12.4. The van der Waals surface area contributed by atoms with Gasteiger partial charge in [0.25, 0.3) is 0 Å². The van der Waals surface area contributed by atoms with Crippen molar-refractivity contribution in [2.45, 2.75) is 84.3 Å². The van der Waals surface area contributed by atoms with Gasteiger partial charge in [-0.25, -0.2) is 0 Å². The van der Waals surface area contributed by atoms with Crippen molar-refractivity contribution in [3.63, 3.8) is 0 Å². The summed E-state index contributed by atoms with van der Waals surface area (Å²) in [5.74, 6) is 1.20. The lowest BCUT2D eigenvalue weighted by molar-refractivity contribution is -0.146. The van der Waals surface area contributed by atoms with Gasteiger partial charge in [-0.3, -0.25) is 4.79 Å². The molecule has 2 heterocycles. The molecule has 32 heavy (non-hydrogen) atoms. The SMILES string of the molecule is CCC(CC(C)c1ccc2[nH]cc(CCCOC)c2c1)CC(N)C1CC(C(C)C)C(=O)O1. The van der Waals surface area contributed by atoms with Crippen molar-refractivity contribution in [1.29, 1.82) is 0 Å². The smallest absolute Gasteiger partial charge is 0.309 e. The maximum Gasteiger partial charge on any atom is 0.309 e. The number of aromatic amines is 1. The average molecular weight is 443 g/mol. The molecule has 3 rings (SSSR count). The first-order chi connectivity index (χ1) is 15.3. The van der Waals surface area contributed by atoms with E-state index in [0.29, 0.717) is 17.8 Å². The van der Waals surface area contributed by atoms with Crippen LogP contribution in [0.15, 0.2) is 24.4 Å². The molecule has 5 nitrogen and oxygen atoms in total. The van der Waals surface area contributed by atoms with Crippen LogP contribution in [0.1, 0.15) is 76.8 Å². The Labute approximate surface area is 193 Å². The van der Waals surface area contributed by atoms with Crippen LogP contribution in [-0.2, 0) is 20.7 Å². The molecule has 0 saturated carbocycles. The normalized spacial score (nSPS) is 21.8. The van der Waals surface area contributed by atoms with Gasteiger partial charge in [-0.05, 0) is 73.1 Å². The molecule has 3 N–H and O–H groups in total. The molecule has 178 valence electrons. The van der Waals surface area contributed by atoms with Gasteiger partial charge in [-0.15, -0.1) is 0 Å². The second-order valence-electron chi connectivity index (χ2n) is 10.1. The zero-order valence-electron chi connectivity index (χ0n) is 20.5. The predicted molar refractivity (Wildman–Crippen MR) is 131 cm³/mol. The molecule has 0 bridgehead atoms. The van der Waals surface area contributed by atoms with E-state index < -0.39 is 0 Å². The molecule has 0 aliphatic carbocycles. The lowest BCUT2D eigenvalue weighted by Crippen LogP contribution is -2.36. The summed E-state index contributed by atoms with van der Waals surface area (Å²) in [7, 11) is 1.75. The van der Waals surface area contributed by atoms with Gasteiger partial charge < -0.3 is 20.2 Å². The number of methoxy groups -OCH3 is 1. The van der Waals surface area contributed by atoms with Crippen molar-refractivity contribution < 1.29 is 14.3 Å². The zero-order valence-corrected chi connectivity index (χ0v) is 20.5. The first kappa shape index (κ1) is 24.8. The Hall–Kier alpha value is -1.85. The number of nitrogens with one attached hydrogen (secondary N) is 1. The van der Waals surface area contributed by atoms with Crippen LogP contribution in [0.2, 0.25) is 0 Å². The van der Waals surface area contributed by atoms with E-state index >= 15 is 0 Å². The number of fused-ring (bicyclic) bond motifs is 1. The molecule has 1 aromatic heterocycles. The molecule has 0 spiro atoms. The van der Waals surface area contributed by atoms with Crippen LogP contribution in [0.5, 0.6) is 0 Å². The van der Waals surface area contributed by atoms with Crippen LogP contribution in [0.25, 0.3) is 10.9 Å². The summed E-state index contributed by atoms with van der Waals surface area (Å²) in [6, 6.07) is 6.73. The van der Waals surface area contributed by atoms with Gasteiger partial charge in [0.05, 0.1) is 5.92 Å². The standard InChI is InChI=1S/C27H42N2O3/c1-6-19(13-24(28)26-15-22(17(2)3)27(30)32-26)12-18(4)20-9-10-25-23(14-20)21(16-29-25)8-7-11-31-5/h9-10,14,16-19,22,24,26,29H,6-8,11-13,15,28H2,1-5H3. The molecule has 5 atom stereocenters. The van der Waals surface area contributed by atoms with Crippen LogP contribution in [-0.4, -0.2) is 36.8 Å². The van der Waals surface area contributed by atoms with Crippen LogP contribution in [0.4, 0.5) is 0 Å². The molecule has 0 amide bonds. The Morgan fingerprint density at radius 1 is 1.25 bits per heavy atom. The number of hydrogen-bond donors (Lipinski definition) is 2. The summed E-state index contributed by atoms with van der Waals surface area (Å²) in [6.07, 6.45) is 7.89. The Morgan fingerprint density at radius 3 is 2.69 bits per heavy atom. The number of carbonyl (C=O) groups excluding carboxylic acids is 1. The van der Waals surface area contributed by atoms with Crippen molar-refractivity contribution in [3.8, 4) is 0 Å². The molecule has 1 saturated heterocycles. The molecular weight excluding hydrogens is 400 g/mol. The summed E-state index contributed by atoms with van der Waals surface area (Å²) in [6.45, 7) is 9.51. The number of benzene rings is 1. The first-order valence-corrected chi connectivity index (χ1v) is 12.4. The second kappa shape index (κ2) is 11.3. The Balaban J connectivity index is 1.62. The molecule has 1 aromatic carbocycles. The third kappa shape index (κ3) is 5.93. The summed E-state index contributed by atoms with van der Waals surface area (Å²) in [4.78, 5) is 15.6. The zero-order chi connectivity index (χ0) is 23.3. The molecule has 2 aromatic rings. The number of hydrogen-bond acceptors (Lipinski definition) is 4. The number of aryl methyl sites for hydroxylation is 1. The van der Waals surface area contributed by atoms with Crippen LogP contribution < -0.4 is 5.73 Å². The van der Waals surface area contributed by atoms with E-state index in [1.165, 1.54) is 22.0 Å². The number of esters is 1. The van der Waals surface area contributed by atoms with Crippen LogP contribution in [0.3, 0.4) is 0 Å². The third-order valence-electron chi connectivity index (χ3n) is 7.36. The highest BCUT2D eigenvalue weighted by atomic mass is 16.6. The average Bonchev–Trinajstić information content (AvgIpc) is 3.36. The predicted octanol–water partition coefficient (Wildman–Crippen LogP) is 5.57. The highest BCUT2D eigenvalue weighted by Crippen LogP contribution is 2.34. The van der Waals surface area contributed by atoms with Crippen LogP contribution in [0, 0.1) is 17.8 Å². The lowest BCUT2D eigenvalue weighted by Gasteiger charge is -2.26. The molecule has 1 aliphatic heterocycles. The number of nitrogens with two attached hydrogens (primary N) is 1. The summed E-state index contributed by atoms with van der Waals surface area (Å²) < 4.78 is 10.9. The quantitative estimate of drug-likeness (QED) is 0.333. The molecule has 1 aliphatic rings. The Bertz CT molecular complexity index is 875. The van der Waals surface area contributed by atoms with Gasteiger partial charge in [-0.1, -0.05) is 40.2 Å². The summed E-state index contributed by atoms with van der Waals surface area (Å²) >= 11 is 0. The number of ether oxygens (including phenoxy) is 2. The van der Waals surface area contributed by atoms with E-state index in [0.717, 1.165) is 45.1 Å². The Morgan fingerprint density at radius 2 is 2.03 bits per heavy atom. The fraction of sp³-hybridized carbons (Fsp3) is 0.667. The van der Waals surface area contributed by atoms with Crippen LogP contribution >= 0.6 is 0 Å². The number of H-pyrrole nitrogens is 1. The largest absolute Gasteiger partial charge is 0.460 e. The van der Waals surface area contributed by atoms with E-state index in [4.69, 9.17) is 15.2 Å². The molecular formula is C27H42N2O3. The van der Waals surface area contributed by atoms with Gasteiger partial charge in [0, 0.05) is 36.9 Å².